The molecule has 1 heterocycles. The normalized spacial score (nSPS) is 10.2. The maximum absolute atomic E-state index is 11.6. The number of aromatic nitrogens is 2. The molecule has 0 unspecified atom stereocenters. The van der Waals surface area contributed by atoms with Gasteiger partial charge in [0.2, 0.25) is 5.91 Å². The first-order valence-corrected chi connectivity index (χ1v) is 5.90. The fourth-order valence-corrected chi connectivity index (χ4v) is 1.54. The van der Waals surface area contributed by atoms with Crippen molar-refractivity contribution in [3.63, 3.8) is 0 Å². The van der Waals surface area contributed by atoms with E-state index in [9.17, 15) is 4.79 Å². The van der Waals surface area contributed by atoms with Crippen LogP contribution in [0, 0.1) is 24.2 Å². The van der Waals surface area contributed by atoms with E-state index in [0.29, 0.717) is 29.5 Å². The van der Waals surface area contributed by atoms with Crippen molar-refractivity contribution in [2.45, 2.75) is 20.8 Å². The van der Waals surface area contributed by atoms with Crippen LogP contribution in [0.1, 0.15) is 25.1 Å². The van der Waals surface area contributed by atoms with E-state index in [0.717, 1.165) is 0 Å². The highest BCUT2D eigenvalue weighted by Gasteiger charge is 2.13. The number of hydrogen-bond acceptors (Lipinski definition) is 4. The van der Waals surface area contributed by atoms with Crippen LogP contribution in [-0.4, -0.2) is 28.8 Å². The van der Waals surface area contributed by atoms with Gasteiger partial charge in [0.05, 0.1) is 12.2 Å². The molecule has 0 radical (unpaired) electrons. The van der Waals surface area contributed by atoms with E-state index >= 15 is 0 Å². The largest absolute Gasteiger partial charge is 0.360 e. The van der Waals surface area contributed by atoms with Crippen LogP contribution in [0.25, 0.3) is 0 Å². The molecule has 0 saturated carbocycles. The summed E-state index contributed by atoms with van der Waals surface area (Å²) in [6.45, 7) is 6.62. The summed E-state index contributed by atoms with van der Waals surface area (Å²) in [4.78, 5) is 11.6. The van der Waals surface area contributed by atoms with E-state index in [1.807, 2.05) is 13.8 Å². The predicted octanol–water partition coefficient (Wildman–Crippen LogP) is 0.784. The molecule has 0 bridgehead atoms. The Bertz CT molecular complexity index is 470. The zero-order chi connectivity index (χ0) is 13.7. The van der Waals surface area contributed by atoms with E-state index in [4.69, 9.17) is 5.26 Å². The van der Waals surface area contributed by atoms with Crippen LogP contribution in [-0.2, 0) is 11.8 Å². The smallest absolute Gasteiger partial charge is 0.239 e. The topological polar surface area (TPSA) is 82.7 Å². The number of hydrogen-bond donors (Lipinski definition) is 2. The van der Waals surface area contributed by atoms with Crippen LogP contribution in [0.15, 0.2) is 0 Å². The Morgan fingerprint density at radius 1 is 1.56 bits per heavy atom. The Labute approximate surface area is 107 Å². The molecule has 6 nitrogen and oxygen atoms in total. The minimum atomic E-state index is -0.0913. The second-order valence-corrected chi connectivity index (χ2v) is 4.60. The zero-order valence-electron chi connectivity index (χ0n) is 11.2. The van der Waals surface area contributed by atoms with Crippen molar-refractivity contribution in [2.24, 2.45) is 13.0 Å². The van der Waals surface area contributed by atoms with Crippen LogP contribution >= 0.6 is 0 Å². The third-order valence-electron chi connectivity index (χ3n) is 2.46. The number of nitrogens with zero attached hydrogens (tertiary/aromatic N) is 3. The second kappa shape index (κ2) is 6.05. The Hall–Kier alpha value is -2.03. The summed E-state index contributed by atoms with van der Waals surface area (Å²) in [6.07, 6.45) is 0. The highest BCUT2D eigenvalue weighted by atomic mass is 16.1. The van der Waals surface area contributed by atoms with Crippen molar-refractivity contribution < 1.29 is 4.79 Å². The number of nitrogens with one attached hydrogen (secondary N) is 2. The fraction of sp³-hybridized carbons (Fsp3) is 0.583. The van der Waals surface area contributed by atoms with Crippen LogP contribution in [0.3, 0.4) is 0 Å². The third kappa shape index (κ3) is 3.48. The molecular weight excluding hydrogens is 230 g/mol. The van der Waals surface area contributed by atoms with Gasteiger partial charge in [0, 0.05) is 13.6 Å². The highest BCUT2D eigenvalue weighted by molar-refractivity contribution is 5.80. The van der Waals surface area contributed by atoms with Gasteiger partial charge in [-0.15, -0.1) is 0 Å². The lowest BCUT2D eigenvalue weighted by atomic mass is 10.2. The Kier molecular flexibility index (Phi) is 4.72. The minimum absolute atomic E-state index is 0.0913. The lowest BCUT2D eigenvalue weighted by Gasteiger charge is -2.09. The van der Waals surface area contributed by atoms with Gasteiger partial charge in [0.15, 0.2) is 0 Å². The van der Waals surface area contributed by atoms with Gasteiger partial charge in [-0.2, -0.15) is 10.4 Å². The van der Waals surface area contributed by atoms with Crippen molar-refractivity contribution in [3.05, 3.63) is 11.3 Å². The summed E-state index contributed by atoms with van der Waals surface area (Å²) in [7, 11) is 1.74. The lowest BCUT2D eigenvalue weighted by Crippen LogP contribution is -2.32. The molecule has 1 amide bonds. The average molecular weight is 249 g/mol. The van der Waals surface area contributed by atoms with Gasteiger partial charge >= 0.3 is 0 Å². The summed E-state index contributed by atoms with van der Waals surface area (Å²) in [5.41, 5.74) is 1.14. The average Bonchev–Trinajstić information content (AvgIpc) is 2.57. The summed E-state index contributed by atoms with van der Waals surface area (Å²) < 4.78 is 1.57. The number of carbonyl (C=O) groups is 1. The summed E-state index contributed by atoms with van der Waals surface area (Å²) in [5.74, 6) is 0.906. The summed E-state index contributed by atoms with van der Waals surface area (Å²) in [5, 5.41) is 18.9. The van der Waals surface area contributed by atoms with E-state index in [2.05, 4.69) is 21.8 Å². The highest BCUT2D eigenvalue weighted by Crippen LogP contribution is 2.16. The van der Waals surface area contributed by atoms with Crippen molar-refractivity contribution in [3.8, 4) is 6.07 Å². The minimum Gasteiger partial charge on any atom is -0.360 e. The van der Waals surface area contributed by atoms with E-state index in [-0.39, 0.29) is 12.5 Å². The monoisotopic (exact) mass is 249 g/mol. The van der Waals surface area contributed by atoms with Crippen LogP contribution in [0.4, 0.5) is 5.82 Å². The molecule has 6 heteroatoms. The first-order chi connectivity index (χ1) is 8.45. The third-order valence-corrected chi connectivity index (χ3v) is 2.46. The van der Waals surface area contributed by atoms with Gasteiger partial charge in [-0.1, -0.05) is 13.8 Å². The van der Waals surface area contributed by atoms with Gasteiger partial charge < -0.3 is 10.6 Å². The summed E-state index contributed by atoms with van der Waals surface area (Å²) in [6, 6.07) is 2.08. The summed E-state index contributed by atoms with van der Waals surface area (Å²) >= 11 is 0. The van der Waals surface area contributed by atoms with E-state index in [1.165, 1.54) is 0 Å². The molecule has 0 aliphatic heterocycles. The molecule has 0 aromatic carbocycles. The Morgan fingerprint density at radius 3 is 2.78 bits per heavy atom. The lowest BCUT2D eigenvalue weighted by molar-refractivity contribution is -0.119. The molecule has 0 atom stereocenters. The molecule has 1 aromatic rings. The van der Waals surface area contributed by atoms with Gasteiger partial charge in [-0.25, -0.2) is 0 Å². The van der Waals surface area contributed by atoms with Crippen molar-refractivity contribution in [1.29, 1.82) is 5.26 Å². The molecule has 0 aliphatic carbocycles. The number of anilines is 1. The zero-order valence-corrected chi connectivity index (χ0v) is 11.2. The molecule has 1 aromatic heterocycles. The molecule has 2 N–H and O–H groups in total. The first-order valence-electron chi connectivity index (χ1n) is 5.90. The standard InChI is InChI=1S/C12H19N5O/c1-8(2)6-14-11(18)7-15-12-10(5-13)9(3)16-17(12)4/h8,15H,6-7H2,1-4H3,(H,14,18). The van der Waals surface area contributed by atoms with Gasteiger partial charge in [-0.3, -0.25) is 9.48 Å². The fourth-order valence-electron chi connectivity index (χ4n) is 1.54. The molecule has 0 aliphatic rings. The number of aryl methyl sites for hydroxylation is 2. The molecule has 18 heavy (non-hydrogen) atoms. The van der Waals surface area contributed by atoms with Gasteiger partial charge in [0.25, 0.3) is 0 Å². The van der Waals surface area contributed by atoms with Crippen molar-refractivity contribution in [1.82, 2.24) is 15.1 Å². The van der Waals surface area contributed by atoms with Crippen molar-refractivity contribution in [2.75, 3.05) is 18.4 Å². The van der Waals surface area contributed by atoms with Crippen LogP contribution < -0.4 is 10.6 Å². The van der Waals surface area contributed by atoms with E-state index in [1.54, 1.807) is 18.7 Å². The Morgan fingerprint density at radius 2 is 2.22 bits per heavy atom. The number of rotatable bonds is 5. The molecular formula is C12H19N5O. The second-order valence-electron chi connectivity index (χ2n) is 4.60. The van der Waals surface area contributed by atoms with Crippen molar-refractivity contribution >= 4 is 11.7 Å². The van der Waals surface area contributed by atoms with Gasteiger partial charge in [0.1, 0.15) is 17.5 Å². The molecule has 98 valence electrons. The van der Waals surface area contributed by atoms with Crippen LogP contribution in [0.2, 0.25) is 0 Å². The number of carbonyl (C=O) groups excluding carboxylic acids is 1. The molecule has 1 rings (SSSR count). The number of amides is 1. The maximum Gasteiger partial charge on any atom is 0.239 e. The SMILES string of the molecule is Cc1nn(C)c(NCC(=O)NCC(C)C)c1C#N. The Balaban J connectivity index is 2.59. The first kappa shape index (κ1) is 14.0. The molecule has 0 spiro atoms. The number of nitriles is 1. The van der Waals surface area contributed by atoms with E-state index < -0.39 is 0 Å². The van der Waals surface area contributed by atoms with Gasteiger partial charge in [-0.05, 0) is 12.8 Å². The molecule has 0 saturated heterocycles. The quantitative estimate of drug-likeness (QED) is 0.808. The molecule has 0 fully saturated rings. The van der Waals surface area contributed by atoms with Crippen LogP contribution in [0.5, 0.6) is 0 Å². The predicted molar refractivity (Wildman–Crippen MR) is 69.0 cm³/mol. The maximum atomic E-state index is 11.6.